The van der Waals surface area contributed by atoms with Gasteiger partial charge in [-0.1, -0.05) is 26.2 Å². The summed E-state index contributed by atoms with van der Waals surface area (Å²) in [5, 5.41) is 17.2. The summed E-state index contributed by atoms with van der Waals surface area (Å²) in [6, 6.07) is 0.0939. The molecule has 1 fully saturated rings. The third-order valence-corrected chi connectivity index (χ3v) is 3.54. The van der Waals surface area contributed by atoms with Crippen LogP contribution < -0.4 is 16.0 Å². The maximum atomic E-state index is 11.6. The van der Waals surface area contributed by atoms with Crippen molar-refractivity contribution in [3.63, 3.8) is 0 Å². The summed E-state index contributed by atoms with van der Waals surface area (Å²) < 4.78 is 0. The maximum Gasteiger partial charge on any atom is 0.315 e. The predicted molar refractivity (Wildman–Crippen MR) is 77.3 cm³/mol. The second kappa shape index (κ2) is 9.58. The molecule has 0 saturated heterocycles. The molecule has 1 aliphatic rings. The third-order valence-electron chi connectivity index (χ3n) is 3.54. The molecule has 1 saturated carbocycles. The number of amides is 3. The van der Waals surface area contributed by atoms with Crippen molar-refractivity contribution in [2.24, 2.45) is 5.92 Å². The van der Waals surface area contributed by atoms with Gasteiger partial charge in [-0.15, -0.1) is 0 Å². The van der Waals surface area contributed by atoms with Gasteiger partial charge in [0, 0.05) is 32.2 Å². The van der Waals surface area contributed by atoms with E-state index in [0.29, 0.717) is 13.1 Å². The summed E-state index contributed by atoms with van der Waals surface area (Å²) in [6.45, 7) is 2.71. The van der Waals surface area contributed by atoms with E-state index in [1.165, 1.54) is 19.3 Å². The smallest absolute Gasteiger partial charge is 0.315 e. The zero-order chi connectivity index (χ0) is 14.8. The molecule has 20 heavy (non-hydrogen) atoms. The Kier molecular flexibility index (Phi) is 8.02. The zero-order valence-corrected chi connectivity index (χ0v) is 12.3. The van der Waals surface area contributed by atoms with Crippen molar-refractivity contribution in [1.29, 1.82) is 0 Å². The molecule has 0 aromatic heterocycles. The number of aliphatic hydroxyl groups excluding tert-OH is 1. The summed E-state index contributed by atoms with van der Waals surface area (Å²) in [4.78, 5) is 23.1. The van der Waals surface area contributed by atoms with Crippen LogP contribution in [0, 0.1) is 5.92 Å². The summed E-state index contributed by atoms with van der Waals surface area (Å²) in [5.74, 6) is -0.0511. The Morgan fingerprint density at radius 3 is 2.55 bits per heavy atom. The fourth-order valence-electron chi connectivity index (χ4n) is 2.21. The van der Waals surface area contributed by atoms with Gasteiger partial charge >= 0.3 is 6.03 Å². The van der Waals surface area contributed by atoms with Crippen LogP contribution >= 0.6 is 0 Å². The van der Waals surface area contributed by atoms with Crippen molar-refractivity contribution < 1.29 is 14.7 Å². The van der Waals surface area contributed by atoms with Gasteiger partial charge in [-0.05, 0) is 18.8 Å². The lowest BCUT2D eigenvalue weighted by molar-refractivity contribution is -0.121. The molecule has 1 aliphatic carbocycles. The molecular weight excluding hydrogens is 258 g/mol. The van der Waals surface area contributed by atoms with Gasteiger partial charge in [0.15, 0.2) is 0 Å². The van der Waals surface area contributed by atoms with Gasteiger partial charge < -0.3 is 21.1 Å². The minimum absolute atomic E-state index is 0.0570. The number of nitrogens with one attached hydrogen (secondary N) is 3. The summed E-state index contributed by atoms with van der Waals surface area (Å²) in [6.07, 6.45) is 5.97. The first-order chi connectivity index (χ1) is 9.61. The third kappa shape index (κ3) is 7.33. The van der Waals surface area contributed by atoms with E-state index in [0.717, 1.165) is 12.8 Å². The first kappa shape index (κ1) is 16.8. The number of carbonyl (C=O) groups excluding carboxylic acids is 2. The molecule has 0 bridgehead atoms. The molecule has 0 aromatic carbocycles. The van der Waals surface area contributed by atoms with E-state index < -0.39 is 0 Å². The molecule has 0 heterocycles. The van der Waals surface area contributed by atoms with E-state index >= 15 is 0 Å². The van der Waals surface area contributed by atoms with Gasteiger partial charge in [-0.3, -0.25) is 4.79 Å². The van der Waals surface area contributed by atoms with E-state index in [9.17, 15) is 9.59 Å². The van der Waals surface area contributed by atoms with Gasteiger partial charge in [-0.2, -0.15) is 0 Å². The largest absolute Gasteiger partial charge is 0.396 e. The molecule has 6 heteroatoms. The Bertz CT molecular complexity index is 304. The normalized spacial score (nSPS) is 17.3. The molecular formula is C14H27N3O3. The van der Waals surface area contributed by atoms with Gasteiger partial charge in [0.1, 0.15) is 0 Å². The van der Waals surface area contributed by atoms with Gasteiger partial charge in [0.2, 0.25) is 5.91 Å². The Labute approximate surface area is 120 Å². The van der Waals surface area contributed by atoms with Crippen molar-refractivity contribution in [2.75, 3.05) is 19.7 Å². The van der Waals surface area contributed by atoms with Crippen LogP contribution in [0.25, 0.3) is 0 Å². The first-order valence-corrected chi connectivity index (χ1v) is 7.53. The molecule has 0 spiro atoms. The molecule has 1 rings (SSSR count). The lowest BCUT2D eigenvalue weighted by Crippen LogP contribution is -2.44. The molecule has 116 valence electrons. The SMILES string of the molecule is CC(CO)CNC(=O)CCNC(=O)NC1CCCCC1. The first-order valence-electron chi connectivity index (χ1n) is 7.53. The van der Waals surface area contributed by atoms with Crippen molar-refractivity contribution in [2.45, 2.75) is 51.5 Å². The van der Waals surface area contributed by atoms with Crippen LogP contribution in [0.1, 0.15) is 45.4 Å². The number of urea groups is 1. The highest BCUT2D eigenvalue weighted by Crippen LogP contribution is 2.16. The Hall–Kier alpha value is -1.30. The summed E-state index contributed by atoms with van der Waals surface area (Å²) in [5.41, 5.74) is 0. The minimum atomic E-state index is -0.187. The van der Waals surface area contributed by atoms with Crippen LogP contribution in [0.2, 0.25) is 0 Å². The highest BCUT2D eigenvalue weighted by Gasteiger charge is 2.15. The lowest BCUT2D eigenvalue weighted by atomic mass is 9.96. The average Bonchev–Trinajstić information content (AvgIpc) is 2.45. The highest BCUT2D eigenvalue weighted by molar-refractivity contribution is 5.78. The molecule has 1 unspecified atom stereocenters. The van der Waals surface area contributed by atoms with E-state index in [-0.39, 0.29) is 36.9 Å². The topological polar surface area (TPSA) is 90.5 Å². The summed E-state index contributed by atoms with van der Waals surface area (Å²) in [7, 11) is 0. The molecule has 0 radical (unpaired) electrons. The average molecular weight is 285 g/mol. The second-order valence-electron chi connectivity index (χ2n) is 5.58. The van der Waals surface area contributed by atoms with Crippen molar-refractivity contribution in [3.05, 3.63) is 0 Å². The number of rotatable bonds is 7. The number of aliphatic hydroxyl groups is 1. The van der Waals surface area contributed by atoms with Crippen LogP contribution in [0.15, 0.2) is 0 Å². The minimum Gasteiger partial charge on any atom is -0.396 e. The predicted octanol–water partition coefficient (Wildman–Crippen LogP) is 0.753. The number of hydrogen-bond donors (Lipinski definition) is 4. The zero-order valence-electron chi connectivity index (χ0n) is 12.3. The van der Waals surface area contributed by atoms with Gasteiger partial charge in [0.05, 0.1) is 0 Å². The molecule has 0 aliphatic heterocycles. The molecule has 1 atom stereocenters. The highest BCUT2D eigenvalue weighted by atomic mass is 16.3. The van der Waals surface area contributed by atoms with E-state index in [1.54, 1.807) is 0 Å². The molecule has 6 nitrogen and oxygen atoms in total. The Balaban J connectivity index is 2.04. The van der Waals surface area contributed by atoms with Crippen LogP contribution in [0.4, 0.5) is 4.79 Å². The molecule has 4 N–H and O–H groups in total. The Morgan fingerprint density at radius 1 is 1.20 bits per heavy atom. The van der Waals surface area contributed by atoms with Crippen molar-refractivity contribution >= 4 is 11.9 Å². The summed E-state index contributed by atoms with van der Waals surface area (Å²) >= 11 is 0. The number of hydrogen-bond acceptors (Lipinski definition) is 3. The van der Waals surface area contributed by atoms with Gasteiger partial charge in [-0.25, -0.2) is 4.79 Å². The van der Waals surface area contributed by atoms with Crippen molar-refractivity contribution in [3.8, 4) is 0 Å². The fraction of sp³-hybridized carbons (Fsp3) is 0.857. The second-order valence-corrected chi connectivity index (χ2v) is 5.58. The fourth-order valence-corrected chi connectivity index (χ4v) is 2.21. The van der Waals surface area contributed by atoms with Crippen LogP contribution in [-0.4, -0.2) is 42.8 Å². The van der Waals surface area contributed by atoms with Crippen LogP contribution in [-0.2, 0) is 4.79 Å². The van der Waals surface area contributed by atoms with E-state index in [4.69, 9.17) is 5.11 Å². The van der Waals surface area contributed by atoms with E-state index in [2.05, 4.69) is 16.0 Å². The molecule has 3 amide bonds. The van der Waals surface area contributed by atoms with Crippen LogP contribution in [0.3, 0.4) is 0 Å². The van der Waals surface area contributed by atoms with Gasteiger partial charge in [0.25, 0.3) is 0 Å². The number of carbonyl (C=O) groups is 2. The standard InChI is InChI=1S/C14H27N3O3/c1-11(10-18)9-16-13(19)7-8-15-14(20)17-12-5-3-2-4-6-12/h11-12,18H,2-10H2,1H3,(H,16,19)(H2,15,17,20). The quantitative estimate of drug-likeness (QED) is 0.556. The lowest BCUT2D eigenvalue weighted by Gasteiger charge is -2.22. The van der Waals surface area contributed by atoms with Crippen molar-refractivity contribution in [1.82, 2.24) is 16.0 Å². The maximum absolute atomic E-state index is 11.6. The molecule has 0 aromatic rings. The van der Waals surface area contributed by atoms with Crippen LogP contribution in [0.5, 0.6) is 0 Å². The van der Waals surface area contributed by atoms with E-state index in [1.807, 2.05) is 6.92 Å². The monoisotopic (exact) mass is 285 g/mol. The Morgan fingerprint density at radius 2 is 1.90 bits per heavy atom.